The molecule has 0 spiro atoms. The van der Waals surface area contributed by atoms with E-state index in [4.69, 9.17) is 5.11 Å². The highest BCUT2D eigenvalue weighted by atomic mass is 16.4. The second-order valence-electron chi connectivity index (χ2n) is 5.93. The van der Waals surface area contributed by atoms with Crippen LogP contribution in [0, 0.1) is 0 Å². The molecule has 0 radical (unpaired) electrons. The number of nitrogens with zero attached hydrogens (tertiary/aromatic N) is 2. The number of likely N-dealkylation sites (N-methyl/N-ethyl adjacent to an activating group) is 1. The quantitative estimate of drug-likeness (QED) is 0.875. The highest BCUT2D eigenvalue weighted by molar-refractivity contribution is 6.05. The van der Waals surface area contributed by atoms with E-state index in [2.05, 4.69) is 5.32 Å². The first-order valence-corrected chi connectivity index (χ1v) is 7.43. The summed E-state index contributed by atoms with van der Waals surface area (Å²) in [5.41, 5.74) is 1.73. The monoisotopic (exact) mass is 319 g/mol. The van der Waals surface area contributed by atoms with E-state index in [0.717, 1.165) is 5.69 Å². The van der Waals surface area contributed by atoms with Crippen LogP contribution in [0.3, 0.4) is 0 Å². The number of amides is 2. The summed E-state index contributed by atoms with van der Waals surface area (Å²) in [5.74, 6) is -1.58. The minimum atomic E-state index is -1.06. The topological polar surface area (TPSA) is 90.0 Å². The minimum Gasteiger partial charge on any atom is -0.480 e. The molecule has 7 heteroatoms. The van der Waals surface area contributed by atoms with Crippen molar-refractivity contribution in [3.8, 4) is 0 Å². The van der Waals surface area contributed by atoms with E-state index in [9.17, 15) is 14.4 Å². The predicted molar refractivity (Wildman–Crippen MR) is 86.7 cm³/mol. The van der Waals surface area contributed by atoms with E-state index >= 15 is 0 Å². The van der Waals surface area contributed by atoms with Crippen LogP contribution in [0.15, 0.2) is 18.2 Å². The summed E-state index contributed by atoms with van der Waals surface area (Å²) in [6.45, 7) is 4.95. The third kappa shape index (κ3) is 3.28. The number of carbonyl (C=O) groups excluding carboxylic acids is 2. The Kier molecular flexibility index (Phi) is 4.58. The molecule has 0 saturated carbocycles. The molecular weight excluding hydrogens is 298 g/mol. The summed E-state index contributed by atoms with van der Waals surface area (Å²) in [7, 11) is 1.81. The molecule has 7 nitrogen and oxygen atoms in total. The summed E-state index contributed by atoms with van der Waals surface area (Å²) in [6.07, 6.45) is 0. The second-order valence-corrected chi connectivity index (χ2v) is 5.93. The van der Waals surface area contributed by atoms with Gasteiger partial charge in [-0.05, 0) is 39.0 Å². The zero-order valence-corrected chi connectivity index (χ0v) is 13.7. The number of carboxylic acids is 1. The fourth-order valence-corrected chi connectivity index (χ4v) is 2.50. The first-order chi connectivity index (χ1) is 10.7. The van der Waals surface area contributed by atoms with Crippen molar-refractivity contribution in [3.63, 3.8) is 0 Å². The van der Waals surface area contributed by atoms with Crippen LogP contribution in [-0.2, 0) is 9.59 Å². The Hall–Kier alpha value is -2.57. The van der Waals surface area contributed by atoms with E-state index < -0.39 is 5.97 Å². The number of hydrogen-bond donors (Lipinski definition) is 2. The number of carboxylic acid groups (broad SMARTS) is 1. The van der Waals surface area contributed by atoms with Crippen LogP contribution in [0.2, 0.25) is 0 Å². The fraction of sp³-hybridized carbons (Fsp3) is 0.438. The summed E-state index contributed by atoms with van der Waals surface area (Å²) in [4.78, 5) is 38.5. The Morgan fingerprint density at radius 2 is 2.04 bits per heavy atom. The molecule has 1 aliphatic heterocycles. The first kappa shape index (κ1) is 16.8. The summed E-state index contributed by atoms with van der Waals surface area (Å²) in [6, 6.07) is 4.47. The maximum atomic E-state index is 12.6. The van der Waals surface area contributed by atoms with Gasteiger partial charge >= 0.3 is 5.97 Å². The lowest BCUT2D eigenvalue weighted by Crippen LogP contribution is -2.44. The third-order valence-corrected chi connectivity index (χ3v) is 4.03. The molecule has 23 heavy (non-hydrogen) atoms. The SMILES string of the molecule is CC(C)N(CC(=O)O)C(=O)c1ccc2c(c1)NC(=O)C(C)N2C. The Labute approximate surface area is 134 Å². The predicted octanol–water partition coefficient (Wildman–Crippen LogP) is 1.40. The smallest absolute Gasteiger partial charge is 0.323 e. The van der Waals surface area contributed by atoms with Gasteiger partial charge in [0.15, 0.2) is 0 Å². The van der Waals surface area contributed by atoms with Gasteiger partial charge in [0.2, 0.25) is 5.91 Å². The van der Waals surface area contributed by atoms with Crippen molar-refractivity contribution in [2.24, 2.45) is 0 Å². The van der Waals surface area contributed by atoms with Crippen molar-refractivity contribution < 1.29 is 19.5 Å². The second kappa shape index (κ2) is 6.28. The molecule has 124 valence electrons. The third-order valence-electron chi connectivity index (χ3n) is 4.03. The molecule has 0 saturated heterocycles. The number of benzene rings is 1. The molecule has 0 aliphatic carbocycles. The van der Waals surface area contributed by atoms with Gasteiger partial charge in [-0.15, -0.1) is 0 Å². The van der Waals surface area contributed by atoms with Crippen molar-refractivity contribution in [2.75, 3.05) is 23.8 Å². The molecule has 1 heterocycles. The largest absolute Gasteiger partial charge is 0.480 e. The first-order valence-electron chi connectivity index (χ1n) is 7.43. The molecule has 2 rings (SSSR count). The van der Waals surface area contributed by atoms with Gasteiger partial charge in [-0.2, -0.15) is 0 Å². The lowest BCUT2D eigenvalue weighted by molar-refractivity contribution is -0.138. The zero-order chi connectivity index (χ0) is 17.3. The molecule has 1 aromatic rings. The standard InChI is InChI=1S/C16H21N3O4/c1-9(2)19(8-14(20)21)16(23)11-5-6-13-12(7-11)17-15(22)10(3)18(13)4/h5-7,9-10H,8H2,1-4H3,(H,17,22)(H,20,21). The number of hydrogen-bond acceptors (Lipinski definition) is 4. The Morgan fingerprint density at radius 1 is 1.39 bits per heavy atom. The molecule has 1 atom stereocenters. The van der Waals surface area contributed by atoms with Crippen LogP contribution in [0.25, 0.3) is 0 Å². The maximum Gasteiger partial charge on any atom is 0.323 e. The normalized spacial score (nSPS) is 16.8. The van der Waals surface area contributed by atoms with E-state index in [0.29, 0.717) is 11.3 Å². The van der Waals surface area contributed by atoms with Gasteiger partial charge in [0.25, 0.3) is 5.91 Å². The summed E-state index contributed by atoms with van der Waals surface area (Å²) >= 11 is 0. The molecule has 0 bridgehead atoms. The van der Waals surface area contributed by atoms with Crippen molar-refractivity contribution >= 4 is 29.2 Å². The van der Waals surface area contributed by atoms with E-state index in [1.54, 1.807) is 39.0 Å². The Morgan fingerprint density at radius 3 is 2.61 bits per heavy atom. The fourth-order valence-electron chi connectivity index (χ4n) is 2.50. The number of fused-ring (bicyclic) bond motifs is 1. The average Bonchev–Trinajstić information content (AvgIpc) is 2.48. The molecule has 1 unspecified atom stereocenters. The van der Waals surface area contributed by atoms with E-state index in [-0.39, 0.29) is 30.4 Å². The van der Waals surface area contributed by atoms with Gasteiger partial charge in [0, 0.05) is 18.7 Å². The number of aliphatic carboxylic acids is 1. The molecular formula is C16H21N3O4. The van der Waals surface area contributed by atoms with Crippen LogP contribution in [0.4, 0.5) is 11.4 Å². The number of nitrogens with one attached hydrogen (secondary N) is 1. The van der Waals surface area contributed by atoms with Crippen LogP contribution in [0.1, 0.15) is 31.1 Å². The van der Waals surface area contributed by atoms with Crippen LogP contribution >= 0.6 is 0 Å². The van der Waals surface area contributed by atoms with Crippen molar-refractivity contribution in [1.82, 2.24) is 4.90 Å². The number of anilines is 2. The van der Waals surface area contributed by atoms with Crippen LogP contribution in [0.5, 0.6) is 0 Å². The van der Waals surface area contributed by atoms with Gasteiger partial charge in [0.1, 0.15) is 12.6 Å². The molecule has 1 aliphatic rings. The van der Waals surface area contributed by atoms with Crippen molar-refractivity contribution in [1.29, 1.82) is 0 Å². The number of carbonyl (C=O) groups is 3. The van der Waals surface area contributed by atoms with Gasteiger partial charge in [-0.3, -0.25) is 14.4 Å². The molecule has 0 aromatic heterocycles. The Bertz CT molecular complexity index is 657. The van der Waals surface area contributed by atoms with Crippen LogP contribution < -0.4 is 10.2 Å². The molecule has 2 N–H and O–H groups in total. The van der Waals surface area contributed by atoms with Crippen LogP contribution in [-0.4, -0.2) is 53.5 Å². The highest BCUT2D eigenvalue weighted by Gasteiger charge is 2.28. The Balaban J connectivity index is 2.34. The lowest BCUT2D eigenvalue weighted by atomic mass is 10.1. The van der Waals surface area contributed by atoms with E-state index in [1.165, 1.54) is 4.90 Å². The number of rotatable bonds is 4. The van der Waals surface area contributed by atoms with E-state index in [1.807, 2.05) is 11.9 Å². The summed E-state index contributed by atoms with van der Waals surface area (Å²) in [5, 5.41) is 11.7. The van der Waals surface area contributed by atoms with Gasteiger partial charge in [-0.1, -0.05) is 0 Å². The van der Waals surface area contributed by atoms with Gasteiger partial charge < -0.3 is 20.2 Å². The van der Waals surface area contributed by atoms with Gasteiger partial charge in [0.05, 0.1) is 11.4 Å². The maximum absolute atomic E-state index is 12.6. The lowest BCUT2D eigenvalue weighted by Gasteiger charge is -2.33. The highest BCUT2D eigenvalue weighted by Crippen LogP contribution is 2.32. The van der Waals surface area contributed by atoms with Gasteiger partial charge in [-0.25, -0.2) is 0 Å². The minimum absolute atomic E-state index is 0.143. The molecule has 1 aromatic carbocycles. The molecule has 2 amide bonds. The summed E-state index contributed by atoms with van der Waals surface area (Å²) < 4.78 is 0. The zero-order valence-electron chi connectivity index (χ0n) is 13.7. The molecule has 0 fully saturated rings. The average molecular weight is 319 g/mol. The van der Waals surface area contributed by atoms with Crippen molar-refractivity contribution in [3.05, 3.63) is 23.8 Å². The van der Waals surface area contributed by atoms with Crippen molar-refractivity contribution in [2.45, 2.75) is 32.9 Å².